The van der Waals surface area contributed by atoms with Crippen LogP contribution in [0.2, 0.25) is 0 Å². The van der Waals surface area contributed by atoms with E-state index >= 15 is 0 Å². The van der Waals surface area contributed by atoms with Crippen molar-refractivity contribution in [3.63, 3.8) is 0 Å². The fourth-order valence-electron chi connectivity index (χ4n) is 3.11. The minimum Gasteiger partial charge on any atom is -0.394 e. The quantitative estimate of drug-likeness (QED) is 0.423. The lowest BCUT2D eigenvalue weighted by atomic mass is 9.89. The maximum atomic E-state index is 10.3. The Kier molecular flexibility index (Phi) is 6.37. The first kappa shape index (κ1) is 19.0. The second kappa shape index (κ2) is 7.71. The van der Waals surface area contributed by atoms with Crippen molar-refractivity contribution >= 4 is 0 Å². The van der Waals surface area contributed by atoms with Gasteiger partial charge in [-0.2, -0.15) is 0 Å². The summed E-state index contributed by atoms with van der Waals surface area (Å²) in [5.41, 5.74) is 0. The summed E-state index contributed by atoms with van der Waals surface area (Å²) in [6.07, 6.45) is -7.09. The average Bonchev–Trinajstić information content (AvgIpc) is 2.55. The summed E-state index contributed by atoms with van der Waals surface area (Å²) >= 11 is 0. The molecule has 0 amide bonds. The van der Waals surface area contributed by atoms with Gasteiger partial charge in [0.15, 0.2) is 12.6 Å². The zero-order chi connectivity index (χ0) is 17.3. The van der Waals surface area contributed by atoms with E-state index in [0.29, 0.717) is 6.42 Å². The topological polar surface area (TPSA) is 129 Å². The zero-order valence-corrected chi connectivity index (χ0v) is 13.6. The highest BCUT2D eigenvalue weighted by Crippen LogP contribution is 2.32. The molecule has 8 heteroatoms. The van der Waals surface area contributed by atoms with Crippen molar-refractivity contribution in [3.8, 4) is 0 Å². The lowest BCUT2D eigenvalue weighted by Gasteiger charge is -2.46. The van der Waals surface area contributed by atoms with Crippen LogP contribution in [0.3, 0.4) is 0 Å². The molecule has 0 aromatic carbocycles. The van der Waals surface area contributed by atoms with Crippen LogP contribution in [0.4, 0.5) is 0 Å². The summed E-state index contributed by atoms with van der Waals surface area (Å²) in [5.74, 6) is -1.08. The number of hydrogen-bond acceptors (Lipinski definition) is 8. The van der Waals surface area contributed by atoms with Crippen molar-refractivity contribution in [3.05, 3.63) is 0 Å². The zero-order valence-electron chi connectivity index (χ0n) is 13.6. The molecule has 23 heavy (non-hydrogen) atoms. The summed E-state index contributed by atoms with van der Waals surface area (Å²) in [6, 6.07) is 0. The lowest BCUT2D eigenvalue weighted by Crippen LogP contribution is -2.60. The van der Waals surface area contributed by atoms with Crippen LogP contribution in [0.5, 0.6) is 0 Å². The fourth-order valence-corrected chi connectivity index (χ4v) is 3.11. The predicted octanol–water partition coefficient (Wildman–Crippen LogP) is -1.43. The average molecular weight is 336 g/mol. The van der Waals surface area contributed by atoms with Gasteiger partial charge in [-0.05, 0) is 6.42 Å². The molecule has 0 saturated carbocycles. The van der Waals surface area contributed by atoms with Crippen molar-refractivity contribution < 1.29 is 39.7 Å². The van der Waals surface area contributed by atoms with Crippen molar-refractivity contribution in [1.29, 1.82) is 0 Å². The molecular formula is C15H28O8. The van der Waals surface area contributed by atoms with Gasteiger partial charge in [0, 0.05) is 11.8 Å². The molecule has 2 fully saturated rings. The second-order valence-corrected chi connectivity index (χ2v) is 6.49. The molecule has 136 valence electrons. The SMILES string of the molecule is CCC1O[C@@H](O[C@@H]2C(CO)OC(O)C(C)[C@H]2O)C(O)[C@@H](C)[C@@H]1O. The summed E-state index contributed by atoms with van der Waals surface area (Å²) in [4.78, 5) is 0. The summed E-state index contributed by atoms with van der Waals surface area (Å²) in [7, 11) is 0. The largest absolute Gasteiger partial charge is 0.394 e. The number of aliphatic hydroxyl groups excluding tert-OH is 5. The first-order valence-electron chi connectivity index (χ1n) is 8.11. The lowest BCUT2D eigenvalue weighted by molar-refractivity contribution is -0.342. The Morgan fingerprint density at radius 2 is 1.52 bits per heavy atom. The van der Waals surface area contributed by atoms with Crippen LogP contribution in [0, 0.1) is 11.8 Å². The van der Waals surface area contributed by atoms with E-state index in [1.807, 2.05) is 6.92 Å². The molecule has 2 rings (SSSR count). The second-order valence-electron chi connectivity index (χ2n) is 6.49. The first-order valence-corrected chi connectivity index (χ1v) is 8.11. The van der Waals surface area contributed by atoms with Crippen LogP contribution in [-0.4, -0.2) is 81.3 Å². The van der Waals surface area contributed by atoms with Crippen LogP contribution in [0.15, 0.2) is 0 Å². The van der Waals surface area contributed by atoms with E-state index in [-0.39, 0.29) is 0 Å². The van der Waals surface area contributed by atoms with Gasteiger partial charge in [-0.1, -0.05) is 20.8 Å². The van der Waals surface area contributed by atoms with Gasteiger partial charge in [0.1, 0.15) is 18.3 Å². The standard InChI is InChI=1S/C15H28O8/c1-4-8-10(17)6(2)12(19)15(22-8)23-13-9(5-16)21-14(20)7(3)11(13)18/h6-20H,4-5H2,1-3H3/t6-,7?,8?,9?,10-,11+,12?,13+,14?,15-/m0/s1. The van der Waals surface area contributed by atoms with Gasteiger partial charge >= 0.3 is 0 Å². The highest BCUT2D eigenvalue weighted by Gasteiger charge is 2.48. The van der Waals surface area contributed by atoms with Crippen molar-refractivity contribution in [2.45, 2.75) is 76.4 Å². The minimum atomic E-state index is -1.21. The van der Waals surface area contributed by atoms with E-state index < -0.39 is 67.6 Å². The predicted molar refractivity (Wildman–Crippen MR) is 78.1 cm³/mol. The number of hydrogen-bond donors (Lipinski definition) is 5. The Morgan fingerprint density at radius 1 is 0.870 bits per heavy atom. The molecule has 2 heterocycles. The van der Waals surface area contributed by atoms with Gasteiger partial charge in [-0.3, -0.25) is 0 Å². The van der Waals surface area contributed by atoms with E-state index in [4.69, 9.17) is 14.2 Å². The molecule has 2 saturated heterocycles. The number of aliphatic hydroxyl groups is 5. The van der Waals surface area contributed by atoms with E-state index in [2.05, 4.69) is 0 Å². The maximum absolute atomic E-state index is 10.3. The molecule has 5 unspecified atom stereocenters. The van der Waals surface area contributed by atoms with Crippen molar-refractivity contribution in [2.75, 3.05) is 6.61 Å². The van der Waals surface area contributed by atoms with Gasteiger partial charge in [-0.15, -0.1) is 0 Å². The minimum absolute atomic E-state index is 0.455. The Labute approximate surface area is 135 Å². The molecule has 0 bridgehead atoms. The van der Waals surface area contributed by atoms with Gasteiger partial charge < -0.3 is 39.7 Å². The molecule has 0 aromatic rings. The third kappa shape index (κ3) is 3.69. The number of ether oxygens (including phenoxy) is 3. The summed E-state index contributed by atoms with van der Waals surface area (Å²) in [6.45, 7) is 4.69. The van der Waals surface area contributed by atoms with Crippen LogP contribution in [0.25, 0.3) is 0 Å². The van der Waals surface area contributed by atoms with E-state index in [1.54, 1.807) is 13.8 Å². The van der Waals surface area contributed by atoms with Crippen LogP contribution >= 0.6 is 0 Å². The molecule has 2 aliphatic heterocycles. The molecule has 10 atom stereocenters. The van der Waals surface area contributed by atoms with Crippen molar-refractivity contribution in [2.24, 2.45) is 11.8 Å². The summed E-state index contributed by atoms with van der Waals surface area (Å²) < 4.78 is 16.5. The van der Waals surface area contributed by atoms with Gasteiger partial charge in [0.05, 0.1) is 24.9 Å². The van der Waals surface area contributed by atoms with Crippen LogP contribution in [-0.2, 0) is 14.2 Å². The molecule has 0 radical (unpaired) electrons. The van der Waals surface area contributed by atoms with Gasteiger partial charge in [-0.25, -0.2) is 0 Å². The fraction of sp³-hybridized carbons (Fsp3) is 1.00. The Hall–Kier alpha value is -0.320. The van der Waals surface area contributed by atoms with E-state index in [1.165, 1.54) is 0 Å². The van der Waals surface area contributed by atoms with Crippen LogP contribution < -0.4 is 0 Å². The maximum Gasteiger partial charge on any atom is 0.184 e. The molecule has 0 spiro atoms. The molecular weight excluding hydrogens is 308 g/mol. The van der Waals surface area contributed by atoms with E-state index in [9.17, 15) is 25.5 Å². The highest BCUT2D eigenvalue weighted by atomic mass is 16.7. The highest BCUT2D eigenvalue weighted by molar-refractivity contribution is 4.91. The Balaban J connectivity index is 2.11. The number of rotatable bonds is 4. The molecule has 2 aliphatic rings. The molecule has 8 nitrogen and oxygen atoms in total. The summed E-state index contributed by atoms with van der Waals surface area (Å²) in [5, 5.41) is 49.8. The van der Waals surface area contributed by atoms with E-state index in [0.717, 1.165) is 0 Å². The smallest absolute Gasteiger partial charge is 0.184 e. The van der Waals surface area contributed by atoms with Gasteiger partial charge in [0.25, 0.3) is 0 Å². The monoisotopic (exact) mass is 336 g/mol. The Bertz CT molecular complexity index is 376. The molecule has 0 aliphatic carbocycles. The Morgan fingerprint density at radius 3 is 2.09 bits per heavy atom. The third-order valence-corrected chi connectivity index (χ3v) is 4.93. The van der Waals surface area contributed by atoms with Crippen molar-refractivity contribution in [1.82, 2.24) is 0 Å². The normalized spacial score (nSPS) is 51.7. The van der Waals surface area contributed by atoms with Gasteiger partial charge in [0.2, 0.25) is 0 Å². The first-order chi connectivity index (χ1) is 10.8. The third-order valence-electron chi connectivity index (χ3n) is 4.93. The van der Waals surface area contributed by atoms with Crippen LogP contribution in [0.1, 0.15) is 27.2 Å². The molecule has 0 aromatic heterocycles. The molecule has 5 N–H and O–H groups in total.